The molecule has 1 amide bonds. The van der Waals surface area contributed by atoms with Crippen molar-refractivity contribution in [3.8, 4) is 0 Å². The van der Waals surface area contributed by atoms with Gasteiger partial charge in [-0.05, 0) is 6.92 Å². The third kappa shape index (κ3) is 2.94. The van der Waals surface area contributed by atoms with Crippen LogP contribution in [0.25, 0.3) is 0 Å². The summed E-state index contributed by atoms with van der Waals surface area (Å²) < 4.78 is 37.1. The zero-order valence-electron chi connectivity index (χ0n) is 10.3. The Balaban J connectivity index is 2.09. The molecule has 0 aliphatic carbocycles. The van der Waals surface area contributed by atoms with Crippen LogP contribution in [0.4, 0.5) is 19.1 Å². The Hall–Kier alpha value is -1.86. The van der Waals surface area contributed by atoms with Gasteiger partial charge in [0.05, 0.1) is 5.56 Å². The van der Waals surface area contributed by atoms with E-state index in [1.54, 1.807) is 9.80 Å². The highest BCUT2D eigenvalue weighted by atomic mass is 19.4. The lowest BCUT2D eigenvalue weighted by Gasteiger charge is -2.37. The predicted octanol–water partition coefficient (Wildman–Crippen LogP) is 1.16. The molecular formula is C11H13F3N4O. The molecule has 104 valence electrons. The summed E-state index contributed by atoms with van der Waals surface area (Å²) in [6.45, 7) is 3.39. The molecule has 2 rings (SSSR count). The number of hydrogen-bond donors (Lipinski definition) is 0. The van der Waals surface area contributed by atoms with Crippen LogP contribution >= 0.6 is 0 Å². The van der Waals surface area contributed by atoms with E-state index in [-0.39, 0.29) is 12.0 Å². The van der Waals surface area contributed by atoms with E-state index >= 15 is 0 Å². The van der Waals surface area contributed by atoms with Crippen LogP contribution in [0.3, 0.4) is 0 Å². The maximum Gasteiger partial charge on any atom is 0.419 e. The van der Waals surface area contributed by atoms with Crippen LogP contribution in [0.2, 0.25) is 0 Å². The van der Waals surface area contributed by atoms with Gasteiger partial charge in [-0.1, -0.05) is 0 Å². The number of halogens is 3. The first kappa shape index (κ1) is 13.6. The minimum absolute atomic E-state index is 0.0165. The molecule has 1 aliphatic rings. The number of hydrogen-bond acceptors (Lipinski definition) is 4. The van der Waals surface area contributed by atoms with Crippen molar-refractivity contribution in [3.63, 3.8) is 0 Å². The summed E-state index contributed by atoms with van der Waals surface area (Å²) in [6, 6.07) is -0.0165. The Labute approximate surface area is 108 Å². The normalized spacial score (nSPS) is 20.5. The van der Waals surface area contributed by atoms with E-state index in [2.05, 4.69) is 9.97 Å². The third-order valence-electron chi connectivity index (χ3n) is 3.06. The lowest BCUT2D eigenvalue weighted by molar-refractivity contribution is -0.138. The summed E-state index contributed by atoms with van der Waals surface area (Å²) in [4.78, 5) is 21.6. The number of nitrogens with zero attached hydrogens (tertiary/aromatic N) is 4. The van der Waals surface area contributed by atoms with Crippen LogP contribution < -0.4 is 4.90 Å². The molecule has 1 aliphatic heterocycles. The molecule has 1 fully saturated rings. The molecule has 1 unspecified atom stereocenters. The molecule has 0 saturated carbocycles. The number of anilines is 1. The van der Waals surface area contributed by atoms with Crippen LogP contribution in [0, 0.1) is 0 Å². The van der Waals surface area contributed by atoms with Gasteiger partial charge >= 0.3 is 6.18 Å². The molecule has 2 heterocycles. The largest absolute Gasteiger partial charge is 0.419 e. The van der Waals surface area contributed by atoms with Gasteiger partial charge in [-0.2, -0.15) is 13.2 Å². The Morgan fingerprint density at radius 1 is 1.32 bits per heavy atom. The number of rotatable bonds is 2. The van der Waals surface area contributed by atoms with Crippen LogP contribution in [0.15, 0.2) is 12.4 Å². The van der Waals surface area contributed by atoms with Crippen molar-refractivity contribution in [2.24, 2.45) is 0 Å². The van der Waals surface area contributed by atoms with Crippen LogP contribution in [-0.2, 0) is 11.0 Å². The maximum atomic E-state index is 12.4. The third-order valence-corrected chi connectivity index (χ3v) is 3.06. The van der Waals surface area contributed by atoms with Gasteiger partial charge in [0.1, 0.15) is 0 Å². The molecule has 1 saturated heterocycles. The number of piperazine rings is 1. The fraction of sp³-hybridized carbons (Fsp3) is 0.545. The van der Waals surface area contributed by atoms with Gasteiger partial charge in [0.2, 0.25) is 12.4 Å². The number of amides is 1. The average molecular weight is 274 g/mol. The number of alkyl halides is 3. The molecule has 0 bridgehead atoms. The molecule has 1 aromatic rings. The summed E-state index contributed by atoms with van der Waals surface area (Å²) in [7, 11) is 0. The van der Waals surface area contributed by atoms with E-state index in [1.807, 2.05) is 6.92 Å². The van der Waals surface area contributed by atoms with Gasteiger partial charge in [0.15, 0.2) is 0 Å². The fourth-order valence-corrected chi connectivity index (χ4v) is 1.94. The summed E-state index contributed by atoms with van der Waals surface area (Å²) in [5.74, 6) is 0.255. The van der Waals surface area contributed by atoms with E-state index in [9.17, 15) is 18.0 Å². The molecular weight excluding hydrogens is 261 g/mol. The van der Waals surface area contributed by atoms with E-state index in [4.69, 9.17) is 0 Å². The van der Waals surface area contributed by atoms with Crippen molar-refractivity contribution >= 4 is 12.4 Å². The molecule has 0 N–H and O–H groups in total. The minimum Gasteiger partial charge on any atom is -0.339 e. The van der Waals surface area contributed by atoms with Gasteiger partial charge in [0, 0.05) is 38.1 Å². The topological polar surface area (TPSA) is 49.3 Å². The maximum absolute atomic E-state index is 12.4. The summed E-state index contributed by atoms with van der Waals surface area (Å²) in [6.07, 6.45) is -2.10. The van der Waals surface area contributed by atoms with E-state index in [0.717, 1.165) is 18.8 Å². The Morgan fingerprint density at radius 3 is 2.42 bits per heavy atom. The first-order valence-corrected chi connectivity index (χ1v) is 5.77. The lowest BCUT2D eigenvalue weighted by Crippen LogP contribution is -2.51. The highest BCUT2D eigenvalue weighted by Crippen LogP contribution is 2.28. The summed E-state index contributed by atoms with van der Waals surface area (Å²) in [5, 5.41) is 0. The van der Waals surface area contributed by atoms with Gasteiger partial charge in [0.25, 0.3) is 0 Å². The van der Waals surface area contributed by atoms with Crippen LogP contribution in [0.5, 0.6) is 0 Å². The second-order valence-electron chi connectivity index (χ2n) is 4.41. The molecule has 1 atom stereocenters. The van der Waals surface area contributed by atoms with Gasteiger partial charge in [-0.25, -0.2) is 9.97 Å². The van der Waals surface area contributed by atoms with Crippen molar-refractivity contribution in [1.82, 2.24) is 14.9 Å². The Bertz CT molecular complexity index is 448. The highest BCUT2D eigenvalue weighted by Gasteiger charge is 2.32. The molecule has 1 aromatic heterocycles. The van der Waals surface area contributed by atoms with Crippen molar-refractivity contribution in [1.29, 1.82) is 0 Å². The SMILES string of the molecule is CC1CN(c2ncc(C(F)(F)F)cn2)CCN1C=O. The van der Waals surface area contributed by atoms with Gasteiger partial charge < -0.3 is 9.80 Å². The van der Waals surface area contributed by atoms with E-state index in [0.29, 0.717) is 19.6 Å². The van der Waals surface area contributed by atoms with Gasteiger partial charge in [-0.15, -0.1) is 0 Å². The number of aromatic nitrogens is 2. The lowest BCUT2D eigenvalue weighted by atomic mass is 10.2. The van der Waals surface area contributed by atoms with Crippen molar-refractivity contribution in [2.75, 3.05) is 24.5 Å². The molecule has 0 spiro atoms. The Morgan fingerprint density at radius 2 is 1.95 bits per heavy atom. The quantitative estimate of drug-likeness (QED) is 0.759. The average Bonchev–Trinajstić information content (AvgIpc) is 2.38. The summed E-state index contributed by atoms with van der Waals surface area (Å²) in [5.41, 5.74) is -0.865. The second kappa shape index (κ2) is 5.02. The van der Waals surface area contributed by atoms with Crippen molar-refractivity contribution in [2.45, 2.75) is 19.1 Å². The smallest absolute Gasteiger partial charge is 0.339 e. The predicted molar refractivity (Wildman–Crippen MR) is 61.5 cm³/mol. The molecule has 0 radical (unpaired) electrons. The standard InChI is InChI=1S/C11H13F3N4O/c1-8-6-17(2-3-18(8)7-19)10-15-4-9(5-16-10)11(12,13)14/h4-5,7-8H,2-3,6H2,1H3. The summed E-state index contributed by atoms with van der Waals surface area (Å²) >= 11 is 0. The molecule has 0 aromatic carbocycles. The molecule has 19 heavy (non-hydrogen) atoms. The first-order valence-electron chi connectivity index (χ1n) is 5.77. The zero-order chi connectivity index (χ0) is 14.0. The molecule has 8 heteroatoms. The highest BCUT2D eigenvalue weighted by molar-refractivity contribution is 5.49. The van der Waals surface area contributed by atoms with E-state index < -0.39 is 11.7 Å². The van der Waals surface area contributed by atoms with Gasteiger partial charge in [-0.3, -0.25) is 4.79 Å². The second-order valence-corrected chi connectivity index (χ2v) is 4.41. The zero-order valence-corrected chi connectivity index (χ0v) is 10.3. The first-order chi connectivity index (χ1) is 8.91. The van der Waals surface area contributed by atoms with Crippen molar-refractivity contribution in [3.05, 3.63) is 18.0 Å². The van der Waals surface area contributed by atoms with Crippen molar-refractivity contribution < 1.29 is 18.0 Å². The Kier molecular flexibility index (Phi) is 3.59. The minimum atomic E-state index is -4.43. The molecule has 5 nitrogen and oxygen atoms in total. The van der Waals surface area contributed by atoms with Crippen LogP contribution in [-0.4, -0.2) is 47.0 Å². The van der Waals surface area contributed by atoms with E-state index in [1.165, 1.54) is 0 Å². The monoisotopic (exact) mass is 274 g/mol. The fourth-order valence-electron chi connectivity index (χ4n) is 1.94. The number of carbonyl (C=O) groups excluding carboxylic acids is 1. The van der Waals surface area contributed by atoms with Crippen LogP contribution in [0.1, 0.15) is 12.5 Å². The number of carbonyl (C=O) groups is 1.